The van der Waals surface area contributed by atoms with Crippen molar-refractivity contribution in [3.8, 4) is 11.5 Å². The molecular weight excluding hydrogens is 326 g/mol. The highest BCUT2D eigenvalue weighted by molar-refractivity contribution is 6.07. The zero-order valence-corrected chi connectivity index (χ0v) is 14.8. The lowest BCUT2D eigenvalue weighted by Crippen LogP contribution is -2.36. The second kappa shape index (κ2) is 7.38. The van der Waals surface area contributed by atoms with Crippen molar-refractivity contribution in [2.75, 3.05) is 21.3 Å². The van der Waals surface area contributed by atoms with E-state index in [1.807, 2.05) is 0 Å². The number of phenolic OH excluding ortho intramolecular Hbond substituents is 1. The molecule has 1 N–H and O–H groups in total. The van der Waals surface area contributed by atoms with E-state index < -0.39 is 23.8 Å². The number of methoxy groups -OCH3 is 3. The molecule has 2 rings (SSSR count). The topological polar surface area (TPSA) is 94.4 Å². The molecule has 1 heterocycles. The Morgan fingerprint density at radius 2 is 1.80 bits per heavy atom. The van der Waals surface area contributed by atoms with Crippen LogP contribution in [0.2, 0.25) is 0 Å². The van der Waals surface area contributed by atoms with Gasteiger partial charge in [0.1, 0.15) is 5.92 Å². The quantitative estimate of drug-likeness (QED) is 0.839. The van der Waals surface area contributed by atoms with Crippen molar-refractivity contribution in [3.63, 3.8) is 0 Å². The maximum absolute atomic E-state index is 12.4. The van der Waals surface area contributed by atoms with Crippen molar-refractivity contribution in [2.24, 2.45) is 10.9 Å². The molecule has 1 aromatic rings. The Morgan fingerprint density at radius 1 is 1.12 bits per heavy atom. The number of ether oxygens (including phenoxy) is 3. The number of aliphatic imine (C=N–C) groups is 1. The van der Waals surface area contributed by atoms with Gasteiger partial charge in [0.25, 0.3) is 0 Å². The summed E-state index contributed by atoms with van der Waals surface area (Å²) in [6.45, 7) is 3.34. The Balaban J connectivity index is 2.76. The highest BCUT2D eigenvalue weighted by Crippen LogP contribution is 2.45. The Bertz CT molecular complexity index is 765. The smallest absolute Gasteiger partial charge is 0.336 e. The Kier molecular flexibility index (Phi) is 5.46. The molecule has 1 aliphatic heterocycles. The van der Waals surface area contributed by atoms with Crippen LogP contribution in [-0.4, -0.2) is 44.1 Å². The Hall–Kier alpha value is -2.83. The van der Waals surface area contributed by atoms with Gasteiger partial charge in [-0.2, -0.15) is 0 Å². The third-order valence-electron chi connectivity index (χ3n) is 4.27. The lowest BCUT2D eigenvalue weighted by Gasteiger charge is -2.31. The van der Waals surface area contributed by atoms with E-state index in [1.165, 1.54) is 21.3 Å². The molecular formula is C18H21NO6. The maximum Gasteiger partial charge on any atom is 0.336 e. The molecule has 7 nitrogen and oxygen atoms in total. The molecule has 0 aromatic heterocycles. The molecule has 2 atom stereocenters. The number of aromatic hydroxyl groups is 1. The second-order valence-electron chi connectivity index (χ2n) is 5.62. The summed E-state index contributed by atoms with van der Waals surface area (Å²) in [5.41, 5.74) is 1.48. The minimum Gasteiger partial charge on any atom is -0.504 e. The number of phenols is 1. The highest BCUT2D eigenvalue weighted by atomic mass is 16.5. The summed E-state index contributed by atoms with van der Waals surface area (Å²) in [6, 6.07) is 4.89. The Morgan fingerprint density at radius 3 is 2.36 bits per heavy atom. The SMILES string of the molecule is COC(=O)C1=C(C)N=C(C)C(C(=O)OC)C1c1cccc(OC)c1O. The number of hydrogen-bond donors (Lipinski definition) is 1. The molecule has 134 valence electrons. The molecule has 0 radical (unpaired) electrons. The van der Waals surface area contributed by atoms with Crippen molar-refractivity contribution in [1.29, 1.82) is 0 Å². The van der Waals surface area contributed by atoms with E-state index in [9.17, 15) is 14.7 Å². The average Bonchev–Trinajstić information content (AvgIpc) is 2.60. The van der Waals surface area contributed by atoms with E-state index in [2.05, 4.69) is 4.99 Å². The number of benzene rings is 1. The molecule has 0 fully saturated rings. The fraction of sp³-hybridized carbons (Fsp3) is 0.389. The maximum atomic E-state index is 12.4. The van der Waals surface area contributed by atoms with Crippen LogP contribution >= 0.6 is 0 Å². The summed E-state index contributed by atoms with van der Waals surface area (Å²) in [7, 11) is 3.94. The minimum atomic E-state index is -0.860. The van der Waals surface area contributed by atoms with Crippen LogP contribution in [0.5, 0.6) is 11.5 Å². The first-order valence-electron chi connectivity index (χ1n) is 7.65. The number of nitrogens with zero attached hydrogens (tertiary/aromatic N) is 1. The predicted octanol–water partition coefficient (Wildman–Crippen LogP) is 2.20. The lowest BCUT2D eigenvalue weighted by molar-refractivity contribution is -0.143. The van der Waals surface area contributed by atoms with Crippen LogP contribution in [0.3, 0.4) is 0 Å². The molecule has 25 heavy (non-hydrogen) atoms. The van der Waals surface area contributed by atoms with Crippen LogP contribution in [0.25, 0.3) is 0 Å². The van der Waals surface area contributed by atoms with Gasteiger partial charge in [-0.25, -0.2) is 4.79 Å². The Labute approximate surface area is 145 Å². The zero-order valence-electron chi connectivity index (χ0n) is 14.8. The van der Waals surface area contributed by atoms with Gasteiger partial charge in [-0.15, -0.1) is 0 Å². The van der Waals surface area contributed by atoms with E-state index in [1.54, 1.807) is 32.0 Å². The molecule has 0 amide bonds. The van der Waals surface area contributed by atoms with Gasteiger partial charge in [0, 0.05) is 22.9 Å². The summed E-state index contributed by atoms with van der Waals surface area (Å²) in [5.74, 6) is -2.73. The first-order chi connectivity index (χ1) is 11.9. The van der Waals surface area contributed by atoms with E-state index in [-0.39, 0.29) is 17.1 Å². The average molecular weight is 347 g/mol. The third kappa shape index (κ3) is 3.22. The van der Waals surface area contributed by atoms with Crippen LogP contribution in [0.15, 0.2) is 34.5 Å². The van der Waals surface area contributed by atoms with Crippen LogP contribution in [0, 0.1) is 5.92 Å². The van der Waals surface area contributed by atoms with Crippen LogP contribution < -0.4 is 4.74 Å². The number of allylic oxidation sites excluding steroid dienone is 1. The molecule has 1 aliphatic rings. The molecule has 0 bridgehead atoms. The van der Waals surface area contributed by atoms with Gasteiger partial charge in [-0.05, 0) is 19.9 Å². The standard InChI is InChI=1S/C18H21NO6/c1-9-13(17(21)24-4)15(14(10(2)19-9)18(22)25-5)11-7-6-8-12(23-3)16(11)20/h6-8,13,15,20H,1-5H3. The first-order valence-corrected chi connectivity index (χ1v) is 7.65. The molecule has 0 saturated heterocycles. The number of para-hydroxylation sites is 1. The summed E-state index contributed by atoms with van der Waals surface area (Å²) in [4.78, 5) is 29.1. The van der Waals surface area contributed by atoms with Crippen molar-refractivity contribution in [1.82, 2.24) is 0 Å². The van der Waals surface area contributed by atoms with E-state index >= 15 is 0 Å². The summed E-state index contributed by atoms with van der Waals surface area (Å²) >= 11 is 0. The summed E-state index contributed by atoms with van der Waals surface area (Å²) in [5, 5.41) is 10.6. The van der Waals surface area contributed by atoms with Gasteiger partial charge in [-0.3, -0.25) is 9.79 Å². The van der Waals surface area contributed by atoms with Gasteiger partial charge in [0.05, 0.1) is 26.9 Å². The summed E-state index contributed by atoms with van der Waals surface area (Å²) in [6.07, 6.45) is 0. The third-order valence-corrected chi connectivity index (χ3v) is 4.27. The molecule has 7 heteroatoms. The molecule has 0 spiro atoms. The number of carbonyl (C=O) groups is 2. The lowest BCUT2D eigenvalue weighted by atomic mass is 9.75. The van der Waals surface area contributed by atoms with Crippen molar-refractivity contribution >= 4 is 17.7 Å². The highest BCUT2D eigenvalue weighted by Gasteiger charge is 2.43. The number of esters is 2. The monoisotopic (exact) mass is 347 g/mol. The zero-order chi connectivity index (χ0) is 18.7. The fourth-order valence-corrected chi connectivity index (χ4v) is 3.14. The van der Waals surface area contributed by atoms with Crippen LogP contribution in [-0.2, 0) is 19.1 Å². The largest absolute Gasteiger partial charge is 0.504 e. The van der Waals surface area contributed by atoms with Gasteiger partial charge < -0.3 is 19.3 Å². The summed E-state index contributed by atoms with van der Waals surface area (Å²) < 4.78 is 14.9. The second-order valence-corrected chi connectivity index (χ2v) is 5.62. The van der Waals surface area contributed by atoms with Crippen LogP contribution in [0.4, 0.5) is 0 Å². The predicted molar refractivity (Wildman–Crippen MR) is 90.7 cm³/mol. The number of carbonyl (C=O) groups excluding carboxylic acids is 2. The molecule has 1 aromatic carbocycles. The van der Waals surface area contributed by atoms with E-state index in [0.717, 1.165) is 0 Å². The van der Waals surface area contributed by atoms with Gasteiger partial charge in [0.15, 0.2) is 11.5 Å². The minimum absolute atomic E-state index is 0.146. The molecule has 0 saturated carbocycles. The van der Waals surface area contributed by atoms with Crippen LogP contribution in [0.1, 0.15) is 25.3 Å². The normalized spacial score (nSPS) is 20.0. The van der Waals surface area contributed by atoms with Gasteiger partial charge >= 0.3 is 11.9 Å². The van der Waals surface area contributed by atoms with Crippen molar-refractivity contribution < 1.29 is 28.9 Å². The first kappa shape index (κ1) is 18.5. The fourth-order valence-electron chi connectivity index (χ4n) is 3.14. The van der Waals surface area contributed by atoms with Crippen molar-refractivity contribution in [2.45, 2.75) is 19.8 Å². The number of hydrogen-bond acceptors (Lipinski definition) is 7. The number of rotatable bonds is 4. The van der Waals surface area contributed by atoms with E-state index in [0.29, 0.717) is 17.0 Å². The van der Waals surface area contributed by atoms with Gasteiger partial charge in [-0.1, -0.05) is 12.1 Å². The molecule has 0 aliphatic carbocycles. The van der Waals surface area contributed by atoms with Gasteiger partial charge in [0.2, 0.25) is 0 Å². The van der Waals surface area contributed by atoms with Crippen molar-refractivity contribution in [3.05, 3.63) is 35.0 Å². The van der Waals surface area contributed by atoms with E-state index in [4.69, 9.17) is 14.2 Å². The molecule has 2 unspecified atom stereocenters.